The Balaban J connectivity index is 1.22. The highest BCUT2D eigenvalue weighted by Crippen LogP contribution is 2.30. The molecule has 1 aliphatic heterocycles. The van der Waals surface area contributed by atoms with Gasteiger partial charge in [-0.15, -0.1) is 0 Å². The Labute approximate surface area is 248 Å². The molecule has 2 unspecified atom stereocenters. The van der Waals surface area contributed by atoms with E-state index in [1.807, 2.05) is 24.3 Å². The van der Waals surface area contributed by atoms with Gasteiger partial charge in [0.1, 0.15) is 18.8 Å². The lowest BCUT2D eigenvalue weighted by Crippen LogP contribution is -2.44. The standard InChI is InChI=1S/C29H23ClFN7O3S/c1-16(39)22-14-37(24-7-6-17(10-21(22)24)18-8-9-32-33-12-18)15-26(40)38-13-19(31)11-25(38)28(41)35-29-34-27(36-42-29)20-4-2-3-5-23(20)30/h2-10,12,14,19,25H,11,13,15H2,1H3,(H,34,35,36,41). The van der Waals surface area contributed by atoms with Crippen LogP contribution >= 0.6 is 23.1 Å². The van der Waals surface area contributed by atoms with E-state index in [0.717, 1.165) is 22.7 Å². The Morgan fingerprint density at radius 3 is 2.71 bits per heavy atom. The number of amides is 2. The molecule has 1 fully saturated rings. The summed E-state index contributed by atoms with van der Waals surface area (Å²) in [4.78, 5) is 44.7. The van der Waals surface area contributed by atoms with Gasteiger partial charge in [-0.25, -0.2) is 4.39 Å². The Bertz CT molecular complexity index is 1830. The van der Waals surface area contributed by atoms with Crippen LogP contribution in [0.5, 0.6) is 0 Å². The average Bonchev–Trinajstić information content (AvgIpc) is 3.71. The number of rotatable bonds is 7. The molecule has 42 heavy (non-hydrogen) atoms. The zero-order valence-electron chi connectivity index (χ0n) is 22.2. The third-order valence-electron chi connectivity index (χ3n) is 7.13. The summed E-state index contributed by atoms with van der Waals surface area (Å²) in [6.07, 6.45) is 3.33. The van der Waals surface area contributed by atoms with E-state index in [0.29, 0.717) is 32.9 Å². The molecule has 1 aliphatic rings. The number of anilines is 1. The largest absolute Gasteiger partial charge is 0.337 e. The summed E-state index contributed by atoms with van der Waals surface area (Å²) in [6.45, 7) is 1.07. The fourth-order valence-corrected chi connectivity index (χ4v) is 5.92. The lowest BCUT2D eigenvalue weighted by Gasteiger charge is -2.23. The molecule has 2 aromatic carbocycles. The van der Waals surface area contributed by atoms with Gasteiger partial charge >= 0.3 is 0 Å². The zero-order chi connectivity index (χ0) is 29.4. The number of Topliss-reactive ketones (excluding diaryl/α,β-unsaturated/α-hetero) is 1. The van der Waals surface area contributed by atoms with Gasteiger partial charge in [0.05, 0.1) is 24.0 Å². The topological polar surface area (TPSA) is 123 Å². The fourth-order valence-electron chi connectivity index (χ4n) is 5.11. The van der Waals surface area contributed by atoms with Gasteiger partial charge in [0.15, 0.2) is 11.6 Å². The molecule has 1 saturated heterocycles. The van der Waals surface area contributed by atoms with E-state index in [-0.39, 0.29) is 30.4 Å². The van der Waals surface area contributed by atoms with Crippen LogP contribution in [0.3, 0.4) is 0 Å². The van der Waals surface area contributed by atoms with E-state index in [1.54, 1.807) is 47.4 Å². The maximum atomic E-state index is 14.6. The molecule has 0 spiro atoms. The number of hydrogen-bond acceptors (Lipinski definition) is 8. The Morgan fingerprint density at radius 2 is 1.95 bits per heavy atom. The van der Waals surface area contributed by atoms with Crippen LogP contribution in [-0.4, -0.2) is 65.4 Å². The normalized spacial score (nSPS) is 16.6. The first-order chi connectivity index (χ1) is 20.3. The molecule has 5 aromatic rings. The van der Waals surface area contributed by atoms with Crippen molar-refractivity contribution in [1.29, 1.82) is 0 Å². The number of ketones is 1. The minimum absolute atomic E-state index is 0.137. The number of benzene rings is 2. The molecule has 13 heteroatoms. The van der Waals surface area contributed by atoms with E-state index in [2.05, 4.69) is 24.9 Å². The van der Waals surface area contributed by atoms with Gasteiger partial charge in [-0.3, -0.25) is 19.7 Å². The number of carbonyl (C=O) groups is 3. The number of carbonyl (C=O) groups excluding carboxylic acids is 3. The second-order valence-electron chi connectivity index (χ2n) is 9.88. The van der Waals surface area contributed by atoms with Crippen molar-refractivity contribution >= 4 is 56.8 Å². The maximum Gasteiger partial charge on any atom is 0.249 e. The highest BCUT2D eigenvalue weighted by molar-refractivity contribution is 7.10. The summed E-state index contributed by atoms with van der Waals surface area (Å²) in [5.41, 5.74) is 3.41. The summed E-state index contributed by atoms with van der Waals surface area (Å²) < 4.78 is 20.5. The Morgan fingerprint density at radius 1 is 1.12 bits per heavy atom. The monoisotopic (exact) mass is 603 g/mol. The van der Waals surface area contributed by atoms with Crippen LogP contribution in [0.15, 0.2) is 67.1 Å². The van der Waals surface area contributed by atoms with Gasteiger partial charge < -0.3 is 9.47 Å². The molecule has 0 radical (unpaired) electrons. The Kier molecular flexibility index (Phi) is 7.48. The van der Waals surface area contributed by atoms with Crippen molar-refractivity contribution in [2.24, 2.45) is 0 Å². The van der Waals surface area contributed by atoms with Crippen molar-refractivity contribution in [3.63, 3.8) is 0 Å². The highest BCUT2D eigenvalue weighted by atomic mass is 35.5. The summed E-state index contributed by atoms with van der Waals surface area (Å²) in [5.74, 6) is -0.805. The molecule has 3 aromatic heterocycles. The number of halogens is 2. The molecule has 6 rings (SSSR count). The van der Waals surface area contributed by atoms with Crippen molar-refractivity contribution in [2.45, 2.75) is 32.1 Å². The van der Waals surface area contributed by atoms with Gasteiger partial charge in [-0.1, -0.05) is 29.8 Å². The van der Waals surface area contributed by atoms with Crippen LogP contribution < -0.4 is 5.32 Å². The quantitative estimate of drug-likeness (QED) is 0.258. The Hall–Kier alpha value is -4.55. The predicted molar refractivity (Wildman–Crippen MR) is 157 cm³/mol. The lowest BCUT2D eigenvalue weighted by molar-refractivity contribution is -0.137. The van der Waals surface area contributed by atoms with Gasteiger partial charge in [0, 0.05) is 51.7 Å². The fraction of sp³-hybridized carbons (Fsp3) is 0.207. The van der Waals surface area contributed by atoms with E-state index >= 15 is 0 Å². The maximum absolute atomic E-state index is 14.6. The van der Waals surface area contributed by atoms with Crippen LogP contribution in [0.25, 0.3) is 33.4 Å². The number of aromatic nitrogens is 5. The van der Waals surface area contributed by atoms with Crippen LogP contribution in [-0.2, 0) is 16.1 Å². The van der Waals surface area contributed by atoms with E-state index in [1.165, 1.54) is 11.8 Å². The summed E-state index contributed by atoms with van der Waals surface area (Å²) in [7, 11) is 0. The van der Waals surface area contributed by atoms with Gasteiger partial charge in [0.2, 0.25) is 16.9 Å². The first-order valence-electron chi connectivity index (χ1n) is 13.0. The van der Waals surface area contributed by atoms with E-state index < -0.39 is 24.0 Å². The average molecular weight is 604 g/mol. The number of nitrogens with one attached hydrogen (secondary N) is 1. The number of likely N-dealkylation sites (tertiary alicyclic amines) is 1. The van der Waals surface area contributed by atoms with Crippen molar-refractivity contribution in [3.8, 4) is 22.5 Å². The molecule has 1 N–H and O–H groups in total. The summed E-state index contributed by atoms with van der Waals surface area (Å²) in [6, 6.07) is 13.4. The van der Waals surface area contributed by atoms with Gasteiger partial charge in [0.25, 0.3) is 0 Å². The SMILES string of the molecule is CC(=O)c1cn(CC(=O)N2CC(F)CC2C(=O)Nc2nc(-c3ccccc3Cl)ns2)c2ccc(-c3ccnnc3)cc12. The second kappa shape index (κ2) is 11.4. The molecule has 4 heterocycles. The van der Waals surface area contributed by atoms with Crippen LogP contribution in [0.2, 0.25) is 5.02 Å². The number of alkyl halides is 1. The van der Waals surface area contributed by atoms with Crippen LogP contribution in [0.1, 0.15) is 23.7 Å². The molecule has 2 amide bonds. The van der Waals surface area contributed by atoms with Gasteiger partial charge in [-0.05, 0) is 42.8 Å². The molecule has 0 aliphatic carbocycles. The molecular weight excluding hydrogens is 581 g/mol. The lowest BCUT2D eigenvalue weighted by atomic mass is 10.0. The molecule has 10 nitrogen and oxygen atoms in total. The molecular formula is C29H23ClFN7O3S. The van der Waals surface area contributed by atoms with Crippen LogP contribution in [0.4, 0.5) is 9.52 Å². The van der Waals surface area contributed by atoms with E-state index in [4.69, 9.17) is 11.6 Å². The highest BCUT2D eigenvalue weighted by Gasteiger charge is 2.40. The molecule has 2 atom stereocenters. The minimum atomic E-state index is -1.36. The molecule has 0 bridgehead atoms. The van der Waals surface area contributed by atoms with Crippen molar-refractivity contribution in [1.82, 2.24) is 29.0 Å². The van der Waals surface area contributed by atoms with Crippen molar-refractivity contribution in [2.75, 3.05) is 11.9 Å². The number of fused-ring (bicyclic) bond motifs is 1. The first-order valence-corrected chi connectivity index (χ1v) is 14.2. The number of nitrogens with zero attached hydrogens (tertiary/aromatic N) is 6. The van der Waals surface area contributed by atoms with Gasteiger partial charge in [-0.2, -0.15) is 19.6 Å². The first kappa shape index (κ1) is 27.6. The summed E-state index contributed by atoms with van der Waals surface area (Å²) >= 11 is 7.20. The van der Waals surface area contributed by atoms with Crippen molar-refractivity contribution < 1.29 is 18.8 Å². The third-order valence-corrected chi connectivity index (χ3v) is 8.09. The zero-order valence-corrected chi connectivity index (χ0v) is 23.8. The number of hydrogen-bond donors (Lipinski definition) is 1. The molecule has 212 valence electrons. The van der Waals surface area contributed by atoms with E-state index in [9.17, 15) is 18.8 Å². The smallest absolute Gasteiger partial charge is 0.249 e. The van der Waals surface area contributed by atoms with Crippen molar-refractivity contribution in [3.05, 3.63) is 77.7 Å². The summed E-state index contributed by atoms with van der Waals surface area (Å²) in [5, 5.41) is 11.7. The second-order valence-corrected chi connectivity index (χ2v) is 11.0. The van der Waals surface area contributed by atoms with Crippen LogP contribution in [0, 0.1) is 0 Å². The predicted octanol–water partition coefficient (Wildman–Crippen LogP) is 5.05. The third kappa shape index (κ3) is 5.38. The molecule has 0 saturated carbocycles. The minimum Gasteiger partial charge on any atom is -0.337 e.